The zero-order valence-electron chi connectivity index (χ0n) is 14.0. The van der Waals surface area contributed by atoms with Crippen LogP contribution in [-0.4, -0.2) is 30.5 Å². The molecule has 0 bridgehead atoms. The molecule has 0 spiro atoms. The largest absolute Gasteiger partial charge is 0.347 e. The number of nitrogens with one attached hydrogen (secondary N) is 2. The van der Waals surface area contributed by atoms with Crippen LogP contribution in [0.4, 0.5) is 5.69 Å². The number of hydrogen-bond acceptors (Lipinski definition) is 4. The second-order valence-electron chi connectivity index (χ2n) is 6.62. The van der Waals surface area contributed by atoms with Crippen LogP contribution in [-0.2, 0) is 26.3 Å². The van der Waals surface area contributed by atoms with Crippen molar-refractivity contribution in [3.8, 4) is 0 Å². The molecule has 0 radical (unpaired) electrons. The lowest BCUT2D eigenvalue weighted by atomic mass is 9.85. The molecule has 0 aliphatic carbocycles. The average molecular weight is 328 g/mol. The monoisotopic (exact) mass is 328 g/mol. The van der Waals surface area contributed by atoms with E-state index in [9.17, 15) is 14.4 Å². The van der Waals surface area contributed by atoms with Gasteiger partial charge in [-0.05, 0) is 31.0 Å². The SMILES string of the molecule is CN1C(=O)C(C)(C)c2cc(CNC(=O)C3=NNC(=O)CC3)ccc21. The summed E-state index contributed by atoms with van der Waals surface area (Å²) in [5.74, 6) is -0.407. The number of likely N-dealkylation sites (N-methyl/N-ethyl adjacent to an activating group) is 1. The maximum atomic E-state index is 12.3. The van der Waals surface area contributed by atoms with Gasteiger partial charge in [-0.1, -0.05) is 12.1 Å². The van der Waals surface area contributed by atoms with Crippen molar-refractivity contribution < 1.29 is 14.4 Å². The van der Waals surface area contributed by atoms with Crippen LogP contribution in [0, 0.1) is 0 Å². The Morgan fingerprint density at radius 1 is 1.33 bits per heavy atom. The number of anilines is 1. The molecule has 0 aromatic heterocycles. The Bertz CT molecular complexity index is 767. The molecule has 0 atom stereocenters. The van der Waals surface area contributed by atoms with Crippen molar-refractivity contribution in [3.05, 3.63) is 29.3 Å². The maximum absolute atomic E-state index is 12.3. The number of amides is 3. The highest BCUT2D eigenvalue weighted by molar-refractivity contribution is 6.39. The fourth-order valence-electron chi connectivity index (χ4n) is 3.05. The van der Waals surface area contributed by atoms with Gasteiger partial charge in [0.05, 0.1) is 5.41 Å². The van der Waals surface area contributed by atoms with Crippen molar-refractivity contribution in [1.82, 2.24) is 10.7 Å². The van der Waals surface area contributed by atoms with E-state index in [0.29, 0.717) is 18.7 Å². The summed E-state index contributed by atoms with van der Waals surface area (Å²) < 4.78 is 0. The van der Waals surface area contributed by atoms with Gasteiger partial charge < -0.3 is 10.2 Å². The molecule has 7 heteroatoms. The minimum atomic E-state index is -0.568. The Morgan fingerprint density at radius 2 is 2.08 bits per heavy atom. The van der Waals surface area contributed by atoms with Gasteiger partial charge in [0.25, 0.3) is 5.91 Å². The molecule has 1 aromatic carbocycles. The van der Waals surface area contributed by atoms with E-state index in [1.54, 1.807) is 11.9 Å². The van der Waals surface area contributed by atoms with Crippen LogP contribution in [0.1, 0.15) is 37.8 Å². The molecule has 2 heterocycles. The van der Waals surface area contributed by atoms with E-state index in [2.05, 4.69) is 15.8 Å². The molecule has 3 amide bonds. The number of fused-ring (bicyclic) bond motifs is 1. The van der Waals surface area contributed by atoms with E-state index in [-0.39, 0.29) is 24.1 Å². The maximum Gasteiger partial charge on any atom is 0.267 e. The van der Waals surface area contributed by atoms with Crippen LogP contribution in [0.5, 0.6) is 0 Å². The molecule has 0 saturated heterocycles. The van der Waals surface area contributed by atoms with Gasteiger partial charge in [0, 0.05) is 32.1 Å². The molecule has 2 N–H and O–H groups in total. The van der Waals surface area contributed by atoms with Crippen molar-refractivity contribution in [3.63, 3.8) is 0 Å². The summed E-state index contributed by atoms with van der Waals surface area (Å²) in [4.78, 5) is 37.1. The Balaban J connectivity index is 1.72. The minimum absolute atomic E-state index is 0.0611. The minimum Gasteiger partial charge on any atom is -0.347 e. The lowest BCUT2D eigenvalue weighted by Gasteiger charge is -2.17. The third-order valence-corrected chi connectivity index (χ3v) is 4.55. The van der Waals surface area contributed by atoms with Gasteiger partial charge >= 0.3 is 0 Å². The van der Waals surface area contributed by atoms with E-state index in [4.69, 9.17) is 0 Å². The summed E-state index contributed by atoms with van der Waals surface area (Å²) in [5, 5.41) is 6.58. The highest BCUT2D eigenvalue weighted by atomic mass is 16.2. The smallest absolute Gasteiger partial charge is 0.267 e. The van der Waals surface area contributed by atoms with Crippen molar-refractivity contribution in [2.24, 2.45) is 5.10 Å². The van der Waals surface area contributed by atoms with Crippen LogP contribution in [0.15, 0.2) is 23.3 Å². The van der Waals surface area contributed by atoms with Crippen LogP contribution >= 0.6 is 0 Å². The van der Waals surface area contributed by atoms with Crippen LogP contribution in [0.2, 0.25) is 0 Å². The number of rotatable bonds is 3. The summed E-state index contributed by atoms with van der Waals surface area (Å²) in [6.07, 6.45) is 0.613. The van der Waals surface area contributed by atoms with E-state index in [1.165, 1.54) is 0 Å². The molecule has 0 unspecified atom stereocenters. The first-order chi connectivity index (χ1) is 11.3. The van der Waals surface area contributed by atoms with E-state index < -0.39 is 5.41 Å². The number of carbonyl (C=O) groups is 3. The molecular weight excluding hydrogens is 308 g/mol. The lowest BCUT2D eigenvalue weighted by molar-refractivity contribution is -0.122. The molecule has 1 aromatic rings. The number of hydrazone groups is 1. The number of nitrogens with zero attached hydrogens (tertiary/aromatic N) is 2. The average Bonchev–Trinajstić information content (AvgIpc) is 2.74. The van der Waals surface area contributed by atoms with Gasteiger partial charge in [-0.2, -0.15) is 5.10 Å². The van der Waals surface area contributed by atoms with Crippen molar-refractivity contribution >= 4 is 29.1 Å². The Labute approximate surface area is 140 Å². The molecule has 3 rings (SSSR count). The van der Waals surface area contributed by atoms with E-state index >= 15 is 0 Å². The first kappa shape index (κ1) is 16.2. The topological polar surface area (TPSA) is 90.9 Å². The Morgan fingerprint density at radius 3 is 2.75 bits per heavy atom. The predicted octanol–water partition coefficient (Wildman–Crippen LogP) is 0.823. The molecule has 2 aliphatic rings. The standard InChI is InChI=1S/C17H20N4O3/c1-17(2)11-8-10(4-6-13(11)21(3)16(17)24)9-18-15(23)12-5-7-14(22)20-19-12/h4,6,8H,5,7,9H2,1-3H3,(H,18,23)(H,20,22). The molecule has 126 valence electrons. The summed E-state index contributed by atoms with van der Waals surface area (Å²) in [7, 11) is 1.77. The third-order valence-electron chi connectivity index (χ3n) is 4.55. The molecule has 7 nitrogen and oxygen atoms in total. The lowest BCUT2D eigenvalue weighted by Crippen LogP contribution is -2.36. The van der Waals surface area contributed by atoms with Gasteiger partial charge in [0.15, 0.2) is 0 Å². The van der Waals surface area contributed by atoms with Gasteiger partial charge in [0.1, 0.15) is 5.71 Å². The highest BCUT2D eigenvalue weighted by Gasteiger charge is 2.42. The second-order valence-corrected chi connectivity index (χ2v) is 6.62. The summed E-state index contributed by atoms with van der Waals surface area (Å²) in [6.45, 7) is 4.14. The molecule has 2 aliphatic heterocycles. The summed E-state index contributed by atoms with van der Waals surface area (Å²) in [6, 6.07) is 5.76. The number of benzene rings is 1. The van der Waals surface area contributed by atoms with Gasteiger partial charge in [-0.25, -0.2) is 5.43 Å². The molecule has 24 heavy (non-hydrogen) atoms. The highest BCUT2D eigenvalue weighted by Crippen LogP contribution is 2.40. The zero-order valence-corrected chi connectivity index (χ0v) is 14.0. The molecule has 0 saturated carbocycles. The van der Waals surface area contributed by atoms with E-state index in [0.717, 1.165) is 16.8 Å². The first-order valence-corrected chi connectivity index (χ1v) is 7.86. The third kappa shape index (κ3) is 2.66. The van der Waals surface area contributed by atoms with E-state index in [1.807, 2.05) is 32.0 Å². The first-order valence-electron chi connectivity index (χ1n) is 7.86. The van der Waals surface area contributed by atoms with Gasteiger partial charge in [-0.15, -0.1) is 0 Å². The fourth-order valence-corrected chi connectivity index (χ4v) is 3.05. The Kier molecular flexibility index (Phi) is 3.87. The summed E-state index contributed by atoms with van der Waals surface area (Å²) in [5.41, 5.74) is 4.85. The number of hydrogen-bond donors (Lipinski definition) is 2. The number of carbonyl (C=O) groups excluding carboxylic acids is 3. The second kappa shape index (κ2) is 5.74. The van der Waals surface area contributed by atoms with Crippen molar-refractivity contribution in [1.29, 1.82) is 0 Å². The fraction of sp³-hybridized carbons (Fsp3) is 0.412. The van der Waals surface area contributed by atoms with Crippen LogP contribution in [0.3, 0.4) is 0 Å². The molecular formula is C17H20N4O3. The summed E-state index contributed by atoms with van der Waals surface area (Å²) >= 11 is 0. The van der Waals surface area contributed by atoms with Crippen molar-refractivity contribution in [2.75, 3.05) is 11.9 Å². The van der Waals surface area contributed by atoms with Crippen LogP contribution in [0.25, 0.3) is 0 Å². The normalized spacial score (nSPS) is 18.8. The zero-order chi connectivity index (χ0) is 17.5. The Hall–Kier alpha value is -2.70. The quantitative estimate of drug-likeness (QED) is 0.861. The van der Waals surface area contributed by atoms with Gasteiger partial charge in [-0.3, -0.25) is 14.4 Å². The van der Waals surface area contributed by atoms with Crippen LogP contribution < -0.4 is 15.6 Å². The van der Waals surface area contributed by atoms with Gasteiger partial charge in [0.2, 0.25) is 11.8 Å². The van der Waals surface area contributed by atoms with Crippen molar-refractivity contribution in [2.45, 2.75) is 38.6 Å². The predicted molar refractivity (Wildman–Crippen MR) is 89.5 cm³/mol. The molecule has 0 fully saturated rings.